The molecule has 6 aromatic rings. The first-order chi connectivity index (χ1) is 16.3. The van der Waals surface area contributed by atoms with E-state index in [0.29, 0.717) is 0 Å². The van der Waals surface area contributed by atoms with Crippen LogP contribution in [0.2, 0.25) is 0 Å². The van der Waals surface area contributed by atoms with Gasteiger partial charge in [-0.05, 0) is 63.7 Å². The topological polar surface area (TPSA) is 25.8 Å². The maximum atomic E-state index is 4.66. The lowest BCUT2D eigenvalue weighted by Gasteiger charge is -2.12. The Bertz CT molecular complexity index is 1610. The molecule has 0 unspecified atom stereocenters. The van der Waals surface area contributed by atoms with Gasteiger partial charge in [0.15, 0.2) is 0 Å². The van der Waals surface area contributed by atoms with Crippen molar-refractivity contribution in [3.8, 4) is 33.5 Å². The largest absolute Gasteiger partial charge is 0.236 e. The minimum absolute atomic E-state index is 0.954. The molecule has 0 bridgehead atoms. The lowest BCUT2D eigenvalue weighted by atomic mass is 9.95. The van der Waals surface area contributed by atoms with Crippen molar-refractivity contribution in [1.82, 2.24) is 9.97 Å². The van der Waals surface area contributed by atoms with Crippen molar-refractivity contribution in [3.63, 3.8) is 0 Å². The molecular weight excluding hydrogens is 400 g/mol. The molecule has 33 heavy (non-hydrogen) atoms. The molecule has 2 nitrogen and oxygen atoms in total. The summed E-state index contributed by atoms with van der Waals surface area (Å²) in [6, 6.07) is 38.5. The molecule has 0 atom stereocenters. The SMILES string of the molecule is Cc1cc(-c2ncnc3cc(-c4cccc5ccccc45)ccc23)ccc1-c1ccccc1. The smallest absolute Gasteiger partial charge is 0.116 e. The second-order valence-electron chi connectivity index (χ2n) is 8.38. The third-order valence-electron chi connectivity index (χ3n) is 6.32. The minimum Gasteiger partial charge on any atom is -0.236 e. The van der Waals surface area contributed by atoms with Crippen molar-refractivity contribution in [1.29, 1.82) is 0 Å². The Labute approximate surface area is 193 Å². The number of benzene rings is 5. The first-order valence-electron chi connectivity index (χ1n) is 11.2. The van der Waals surface area contributed by atoms with Crippen LogP contribution in [0.25, 0.3) is 55.2 Å². The van der Waals surface area contributed by atoms with E-state index < -0.39 is 0 Å². The Balaban J connectivity index is 1.46. The fourth-order valence-electron chi connectivity index (χ4n) is 4.68. The molecule has 0 spiro atoms. The lowest BCUT2D eigenvalue weighted by Crippen LogP contribution is -1.92. The zero-order valence-electron chi connectivity index (χ0n) is 18.4. The number of hydrogen-bond acceptors (Lipinski definition) is 2. The summed E-state index contributed by atoms with van der Waals surface area (Å²) in [4.78, 5) is 9.27. The molecule has 5 aromatic carbocycles. The van der Waals surface area contributed by atoms with Crippen LogP contribution in [0.15, 0.2) is 116 Å². The summed E-state index contributed by atoms with van der Waals surface area (Å²) < 4.78 is 0. The van der Waals surface area contributed by atoms with Gasteiger partial charge in [0.05, 0.1) is 11.2 Å². The summed E-state index contributed by atoms with van der Waals surface area (Å²) in [7, 11) is 0. The van der Waals surface area contributed by atoms with Gasteiger partial charge >= 0.3 is 0 Å². The maximum Gasteiger partial charge on any atom is 0.116 e. The van der Waals surface area contributed by atoms with Crippen LogP contribution in [0.5, 0.6) is 0 Å². The van der Waals surface area contributed by atoms with Crippen molar-refractivity contribution in [2.24, 2.45) is 0 Å². The highest BCUT2D eigenvalue weighted by molar-refractivity contribution is 6.00. The predicted octanol–water partition coefficient (Wildman–Crippen LogP) is 8.09. The quantitative estimate of drug-likeness (QED) is 0.288. The van der Waals surface area contributed by atoms with E-state index in [1.807, 2.05) is 6.07 Å². The highest BCUT2D eigenvalue weighted by atomic mass is 14.8. The molecular formula is C31H22N2. The average molecular weight is 423 g/mol. The van der Waals surface area contributed by atoms with Crippen molar-refractivity contribution >= 4 is 21.7 Å². The van der Waals surface area contributed by atoms with Crippen molar-refractivity contribution < 1.29 is 0 Å². The fraction of sp³-hybridized carbons (Fsp3) is 0.0323. The van der Waals surface area contributed by atoms with Crippen LogP contribution < -0.4 is 0 Å². The van der Waals surface area contributed by atoms with Gasteiger partial charge in [-0.15, -0.1) is 0 Å². The molecule has 6 rings (SSSR count). The van der Waals surface area contributed by atoms with E-state index in [9.17, 15) is 0 Å². The fourth-order valence-corrected chi connectivity index (χ4v) is 4.68. The van der Waals surface area contributed by atoms with Crippen LogP contribution in [0.4, 0.5) is 0 Å². The molecule has 0 amide bonds. The number of hydrogen-bond donors (Lipinski definition) is 0. The monoisotopic (exact) mass is 422 g/mol. The van der Waals surface area contributed by atoms with Gasteiger partial charge in [0.1, 0.15) is 6.33 Å². The maximum absolute atomic E-state index is 4.66. The summed E-state index contributed by atoms with van der Waals surface area (Å²) in [6.45, 7) is 2.16. The third-order valence-corrected chi connectivity index (χ3v) is 6.32. The summed E-state index contributed by atoms with van der Waals surface area (Å²) >= 11 is 0. The second-order valence-corrected chi connectivity index (χ2v) is 8.38. The van der Waals surface area contributed by atoms with Gasteiger partial charge in [-0.25, -0.2) is 9.97 Å². The van der Waals surface area contributed by atoms with E-state index in [4.69, 9.17) is 0 Å². The minimum atomic E-state index is 0.954. The lowest BCUT2D eigenvalue weighted by molar-refractivity contribution is 1.22. The summed E-state index contributed by atoms with van der Waals surface area (Å²) in [5.41, 5.74) is 9.13. The van der Waals surface area contributed by atoms with Crippen molar-refractivity contribution in [2.75, 3.05) is 0 Å². The molecule has 0 N–H and O–H groups in total. The van der Waals surface area contributed by atoms with E-state index in [0.717, 1.165) is 22.2 Å². The Hall–Kier alpha value is -4.30. The van der Waals surface area contributed by atoms with Crippen LogP contribution in [0, 0.1) is 6.92 Å². The van der Waals surface area contributed by atoms with Crippen LogP contribution in [-0.2, 0) is 0 Å². The van der Waals surface area contributed by atoms with Crippen LogP contribution >= 0.6 is 0 Å². The van der Waals surface area contributed by atoms with Gasteiger partial charge in [0.25, 0.3) is 0 Å². The van der Waals surface area contributed by atoms with Gasteiger partial charge in [-0.3, -0.25) is 0 Å². The summed E-state index contributed by atoms with van der Waals surface area (Å²) in [5.74, 6) is 0. The third kappa shape index (κ3) is 3.46. The van der Waals surface area contributed by atoms with Gasteiger partial charge < -0.3 is 0 Å². The molecule has 0 aliphatic heterocycles. The highest BCUT2D eigenvalue weighted by Gasteiger charge is 2.11. The number of aryl methyl sites for hydroxylation is 1. The number of fused-ring (bicyclic) bond motifs is 2. The Morgan fingerprint density at radius 2 is 1.30 bits per heavy atom. The molecule has 0 aliphatic rings. The number of aromatic nitrogens is 2. The van der Waals surface area contributed by atoms with Gasteiger partial charge in [-0.1, -0.05) is 91.0 Å². The van der Waals surface area contributed by atoms with Crippen molar-refractivity contribution in [2.45, 2.75) is 6.92 Å². The van der Waals surface area contributed by atoms with Crippen molar-refractivity contribution in [3.05, 3.63) is 121 Å². The zero-order valence-corrected chi connectivity index (χ0v) is 18.4. The molecule has 2 heteroatoms. The summed E-state index contributed by atoms with van der Waals surface area (Å²) in [5, 5.41) is 3.56. The molecule has 0 saturated carbocycles. The Kier molecular flexibility index (Phi) is 4.70. The molecule has 0 aliphatic carbocycles. The number of nitrogens with zero attached hydrogens (tertiary/aromatic N) is 2. The highest BCUT2D eigenvalue weighted by Crippen LogP contribution is 2.34. The van der Waals surface area contributed by atoms with Crippen LogP contribution in [0.1, 0.15) is 5.56 Å². The van der Waals surface area contributed by atoms with Gasteiger partial charge in [0, 0.05) is 10.9 Å². The van der Waals surface area contributed by atoms with Crippen LogP contribution in [-0.4, -0.2) is 9.97 Å². The van der Waals surface area contributed by atoms with E-state index in [-0.39, 0.29) is 0 Å². The second kappa shape index (κ2) is 7.99. The molecule has 0 saturated heterocycles. The van der Waals surface area contributed by atoms with Gasteiger partial charge in [-0.2, -0.15) is 0 Å². The first kappa shape index (κ1) is 19.4. The Morgan fingerprint density at radius 1 is 0.515 bits per heavy atom. The Morgan fingerprint density at radius 3 is 2.18 bits per heavy atom. The molecule has 0 fully saturated rings. The molecule has 1 heterocycles. The standard InChI is InChI=1S/C31H22N2/c1-21-18-25(15-16-26(21)22-8-3-2-4-9-22)31-29-17-14-24(19-30(29)32-20-33-31)28-13-7-11-23-10-5-6-12-27(23)28/h2-20H,1H3. The number of rotatable bonds is 3. The van der Waals surface area contributed by atoms with Crippen LogP contribution in [0.3, 0.4) is 0 Å². The normalized spacial score (nSPS) is 11.2. The molecule has 156 valence electrons. The molecule has 0 radical (unpaired) electrons. The average Bonchev–Trinajstić information content (AvgIpc) is 2.88. The summed E-state index contributed by atoms with van der Waals surface area (Å²) in [6.07, 6.45) is 1.67. The molecule has 1 aromatic heterocycles. The zero-order chi connectivity index (χ0) is 22.2. The van der Waals surface area contributed by atoms with E-state index in [1.54, 1.807) is 6.33 Å². The van der Waals surface area contributed by atoms with E-state index in [2.05, 4.69) is 120 Å². The van der Waals surface area contributed by atoms with E-state index in [1.165, 1.54) is 38.6 Å². The first-order valence-corrected chi connectivity index (χ1v) is 11.2. The van der Waals surface area contributed by atoms with E-state index >= 15 is 0 Å². The predicted molar refractivity (Wildman–Crippen MR) is 138 cm³/mol. The van der Waals surface area contributed by atoms with Gasteiger partial charge in [0.2, 0.25) is 0 Å².